The number of nitrogens with two attached hydrogens (primary N) is 2. The fraction of sp³-hybridized carbons (Fsp3) is 0.125. The Balaban J connectivity index is 0.000000292. The molecule has 0 aromatic heterocycles. The van der Waals surface area contributed by atoms with E-state index in [2.05, 4.69) is 5.73 Å². The zero-order valence-corrected chi connectivity index (χ0v) is 6.23. The Morgan fingerprint density at radius 3 is 2.00 bits per heavy atom. The molecule has 1 aromatic carbocycles. The molecule has 0 fully saturated rings. The summed E-state index contributed by atoms with van der Waals surface area (Å²) in [6.45, 7) is 0.640. The second-order valence-corrected chi connectivity index (χ2v) is 1.83. The van der Waals surface area contributed by atoms with E-state index < -0.39 is 0 Å². The maximum absolute atomic E-state index is 8.58. The van der Waals surface area contributed by atoms with Gasteiger partial charge in [0, 0.05) is 6.54 Å². The first-order valence-electron chi connectivity index (χ1n) is 3.24. The number of primary amides is 1. The number of carbonyl (C=O) groups is 1. The molecule has 0 atom stereocenters. The summed E-state index contributed by atoms with van der Waals surface area (Å²) in [4.78, 5) is 8.58. The van der Waals surface area contributed by atoms with Gasteiger partial charge in [0.1, 0.15) is 0 Å². The van der Waals surface area contributed by atoms with E-state index >= 15 is 0 Å². The summed E-state index contributed by atoms with van der Waals surface area (Å²) in [5.41, 5.74) is 10.7. The second-order valence-electron chi connectivity index (χ2n) is 1.83. The zero-order chi connectivity index (χ0) is 8.53. The molecule has 0 saturated heterocycles. The lowest BCUT2D eigenvalue weighted by Crippen LogP contribution is -1.94. The minimum atomic E-state index is 0.250. The highest BCUT2D eigenvalue weighted by Crippen LogP contribution is 1.94. The summed E-state index contributed by atoms with van der Waals surface area (Å²) < 4.78 is 0. The van der Waals surface area contributed by atoms with Gasteiger partial charge in [-0.05, 0) is 5.56 Å². The number of carbonyl (C=O) groups excluding carboxylic acids is 1. The molecular weight excluding hydrogens is 140 g/mol. The van der Waals surface area contributed by atoms with Crippen molar-refractivity contribution in [2.75, 3.05) is 0 Å². The van der Waals surface area contributed by atoms with Crippen LogP contribution in [0.2, 0.25) is 0 Å². The number of hydrogen-bond donors (Lipinski definition) is 2. The van der Waals surface area contributed by atoms with Crippen molar-refractivity contribution in [1.29, 1.82) is 0 Å². The smallest absolute Gasteiger partial charge is 0.204 e. The Labute approximate surface area is 66.0 Å². The first kappa shape index (κ1) is 9.65. The average Bonchev–Trinajstić information content (AvgIpc) is 2.08. The molecule has 3 heteroatoms. The van der Waals surface area contributed by atoms with Crippen LogP contribution >= 0.6 is 0 Å². The van der Waals surface area contributed by atoms with Gasteiger partial charge in [0.25, 0.3) is 0 Å². The summed E-state index contributed by atoms with van der Waals surface area (Å²) in [5.74, 6) is 0. The van der Waals surface area contributed by atoms with Crippen LogP contribution in [0.15, 0.2) is 30.3 Å². The monoisotopic (exact) mass is 152 g/mol. The number of hydrogen-bond acceptors (Lipinski definition) is 2. The largest absolute Gasteiger partial charge is 0.372 e. The summed E-state index contributed by atoms with van der Waals surface area (Å²) >= 11 is 0. The fourth-order valence-corrected chi connectivity index (χ4v) is 0.614. The van der Waals surface area contributed by atoms with Gasteiger partial charge in [-0.3, -0.25) is 4.79 Å². The van der Waals surface area contributed by atoms with Gasteiger partial charge in [-0.2, -0.15) is 0 Å². The summed E-state index contributed by atoms with van der Waals surface area (Å²) in [5, 5.41) is 0. The van der Waals surface area contributed by atoms with Gasteiger partial charge in [0.15, 0.2) is 0 Å². The van der Waals surface area contributed by atoms with E-state index in [0.29, 0.717) is 6.54 Å². The van der Waals surface area contributed by atoms with Crippen molar-refractivity contribution in [3.8, 4) is 0 Å². The highest BCUT2D eigenvalue weighted by molar-refractivity contribution is 5.42. The maximum Gasteiger partial charge on any atom is 0.204 e. The standard InChI is InChI=1S/C7H9N.CH3NO/c8-6-7-4-2-1-3-5-7;2-1-3/h1-5H,6,8H2;1H,(H2,2,3). The van der Waals surface area contributed by atoms with Crippen LogP contribution in [0.4, 0.5) is 0 Å². The molecule has 0 aliphatic heterocycles. The molecule has 11 heavy (non-hydrogen) atoms. The topological polar surface area (TPSA) is 69.1 Å². The second kappa shape index (κ2) is 6.77. The predicted molar refractivity (Wildman–Crippen MR) is 44.6 cm³/mol. The van der Waals surface area contributed by atoms with E-state index in [0.717, 1.165) is 0 Å². The van der Waals surface area contributed by atoms with Gasteiger partial charge in [0.05, 0.1) is 0 Å². The molecule has 1 rings (SSSR count). The van der Waals surface area contributed by atoms with Crippen molar-refractivity contribution in [1.82, 2.24) is 0 Å². The molecule has 60 valence electrons. The maximum atomic E-state index is 8.58. The predicted octanol–water partition coefficient (Wildman–Crippen LogP) is 0.247. The summed E-state index contributed by atoms with van der Waals surface area (Å²) in [7, 11) is 0. The van der Waals surface area contributed by atoms with E-state index in [-0.39, 0.29) is 6.41 Å². The zero-order valence-electron chi connectivity index (χ0n) is 6.23. The normalized spacial score (nSPS) is 7.73. The van der Waals surface area contributed by atoms with Crippen LogP contribution in [-0.2, 0) is 11.3 Å². The Morgan fingerprint density at radius 1 is 1.27 bits per heavy atom. The third kappa shape index (κ3) is 5.11. The molecule has 4 N–H and O–H groups in total. The van der Waals surface area contributed by atoms with E-state index in [9.17, 15) is 0 Å². The van der Waals surface area contributed by atoms with Crippen LogP contribution in [0.3, 0.4) is 0 Å². The van der Waals surface area contributed by atoms with Gasteiger partial charge in [-0.25, -0.2) is 0 Å². The molecule has 0 heterocycles. The van der Waals surface area contributed by atoms with Crippen LogP contribution in [0, 0.1) is 0 Å². The lowest BCUT2D eigenvalue weighted by molar-refractivity contribution is -0.106. The first-order valence-corrected chi connectivity index (χ1v) is 3.24. The molecule has 0 saturated carbocycles. The van der Waals surface area contributed by atoms with Crippen molar-refractivity contribution in [3.63, 3.8) is 0 Å². The third-order valence-electron chi connectivity index (χ3n) is 1.08. The van der Waals surface area contributed by atoms with Crippen molar-refractivity contribution in [2.24, 2.45) is 11.5 Å². The third-order valence-corrected chi connectivity index (χ3v) is 1.08. The van der Waals surface area contributed by atoms with Gasteiger partial charge in [-0.15, -0.1) is 0 Å². The molecule has 0 aliphatic rings. The van der Waals surface area contributed by atoms with E-state index in [4.69, 9.17) is 10.5 Å². The minimum absolute atomic E-state index is 0.250. The molecule has 0 bridgehead atoms. The SMILES string of the molecule is NC=O.NCc1ccccc1. The first-order chi connectivity index (χ1) is 5.35. The Morgan fingerprint density at radius 2 is 1.73 bits per heavy atom. The Kier molecular flexibility index (Phi) is 5.94. The molecule has 1 amide bonds. The van der Waals surface area contributed by atoms with Crippen LogP contribution < -0.4 is 11.5 Å². The van der Waals surface area contributed by atoms with E-state index in [1.807, 2.05) is 30.3 Å². The molecule has 0 spiro atoms. The van der Waals surface area contributed by atoms with Crippen molar-refractivity contribution in [3.05, 3.63) is 35.9 Å². The van der Waals surface area contributed by atoms with Gasteiger partial charge in [-0.1, -0.05) is 30.3 Å². The molecular formula is C8H12N2O. The average molecular weight is 152 g/mol. The van der Waals surface area contributed by atoms with Crippen LogP contribution in [-0.4, -0.2) is 6.41 Å². The summed E-state index contributed by atoms with van der Waals surface area (Å²) in [6.07, 6.45) is 0.250. The van der Waals surface area contributed by atoms with Crippen molar-refractivity contribution < 1.29 is 4.79 Å². The minimum Gasteiger partial charge on any atom is -0.372 e. The number of rotatable bonds is 1. The molecule has 0 aliphatic carbocycles. The Bertz CT molecular complexity index is 187. The highest BCUT2D eigenvalue weighted by Gasteiger charge is 1.80. The van der Waals surface area contributed by atoms with E-state index in [1.165, 1.54) is 5.56 Å². The van der Waals surface area contributed by atoms with Crippen molar-refractivity contribution in [2.45, 2.75) is 6.54 Å². The van der Waals surface area contributed by atoms with E-state index in [1.54, 1.807) is 0 Å². The van der Waals surface area contributed by atoms with Crippen LogP contribution in [0.5, 0.6) is 0 Å². The van der Waals surface area contributed by atoms with Crippen molar-refractivity contribution >= 4 is 6.41 Å². The lowest BCUT2D eigenvalue weighted by atomic mass is 10.2. The fourth-order valence-electron chi connectivity index (χ4n) is 0.614. The van der Waals surface area contributed by atoms with Gasteiger partial charge in [0.2, 0.25) is 6.41 Å². The molecule has 0 radical (unpaired) electrons. The quantitative estimate of drug-likeness (QED) is 0.566. The van der Waals surface area contributed by atoms with Crippen LogP contribution in [0.25, 0.3) is 0 Å². The number of benzene rings is 1. The van der Waals surface area contributed by atoms with Gasteiger partial charge >= 0.3 is 0 Å². The Hall–Kier alpha value is -1.35. The number of amides is 1. The lowest BCUT2D eigenvalue weighted by Gasteiger charge is -1.90. The van der Waals surface area contributed by atoms with Gasteiger partial charge < -0.3 is 11.5 Å². The molecule has 0 unspecified atom stereocenters. The molecule has 3 nitrogen and oxygen atoms in total. The molecule has 1 aromatic rings. The highest BCUT2D eigenvalue weighted by atomic mass is 16.1. The summed E-state index contributed by atoms with van der Waals surface area (Å²) in [6, 6.07) is 9.99. The van der Waals surface area contributed by atoms with Crippen LogP contribution in [0.1, 0.15) is 5.56 Å².